The van der Waals surface area contributed by atoms with Gasteiger partial charge in [0.25, 0.3) is 0 Å². The smallest absolute Gasteiger partial charge is 0.0522 e. The van der Waals surface area contributed by atoms with Crippen molar-refractivity contribution in [2.24, 2.45) is 7.05 Å². The van der Waals surface area contributed by atoms with Crippen LogP contribution in [-0.2, 0) is 13.5 Å². The topological polar surface area (TPSA) is 36.3 Å². The normalized spacial score (nSPS) is 23.7. The Morgan fingerprint density at radius 2 is 2.15 bits per heavy atom. The Morgan fingerprint density at radius 3 is 2.80 bits per heavy atom. The summed E-state index contributed by atoms with van der Waals surface area (Å²) in [5.41, 5.74) is 1.32. The Bertz CT molecular complexity index is 403. The number of rotatable bonds is 5. The van der Waals surface area contributed by atoms with Gasteiger partial charge in [0.1, 0.15) is 0 Å². The van der Waals surface area contributed by atoms with Crippen molar-refractivity contribution in [3.05, 3.63) is 18.0 Å². The van der Waals surface area contributed by atoms with Gasteiger partial charge in [0, 0.05) is 31.9 Å². The average Bonchev–Trinajstić information content (AvgIpc) is 2.72. The van der Waals surface area contributed by atoms with Crippen molar-refractivity contribution < 1.29 is 0 Å². The quantitative estimate of drug-likeness (QED) is 0.855. The maximum Gasteiger partial charge on any atom is 0.0522 e. The summed E-state index contributed by atoms with van der Waals surface area (Å²) >= 11 is 0. The van der Waals surface area contributed by atoms with Crippen LogP contribution in [0.5, 0.6) is 0 Å². The molecule has 5 heteroatoms. The van der Waals surface area contributed by atoms with Gasteiger partial charge in [0.05, 0.1) is 6.20 Å². The van der Waals surface area contributed by atoms with Crippen LogP contribution in [-0.4, -0.2) is 71.9 Å². The van der Waals surface area contributed by atoms with Crippen molar-refractivity contribution in [3.63, 3.8) is 0 Å². The van der Waals surface area contributed by atoms with E-state index in [0.717, 1.165) is 19.5 Å². The Labute approximate surface area is 122 Å². The minimum atomic E-state index is 0.481. The lowest BCUT2D eigenvalue weighted by molar-refractivity contribution is 0.178. The van der Waals surface area contributed by atoms with Crippen LogP contribution >= 0.6 is 0 Å². The highest BCUT2D eigenvalue weighted by Gasteiger charge is 2.28. The van der Waals surface area contributed by atoms with E-state index in [-0.39, 0.29) is 0 Å². The van der Waals surface area contributed by atoms with Crippen molar-refractivity contribution in [1.29, 1.82) is 0 Å². The minimum Gasteiger partial charge on any atom is -0.312 e. The Kier molecular flexibility index (Phi) is 5.57. The second-order valence-corrected chi connectivity index (χ2v) is 6.05. The van der Waals surface area contributed by atoms with E-state index in [9.17, 15) is 0 Å². The molecule has 1 aromatic rings. The molecule has 1 saturated heterocycles. The third kappa shape index (κ3) is 4.04. The van der Waals surface area contributed by atoms with Gasteiger partial charge >= 0.3 is 0 Å². The summed E-state index contributed by atoms with van der Waals surface area (Å²) in [5.74, 6) is 0. The zero-order valence-corrected chi connectivity index (χ0v) is 13.3. The lowest BCUT2D eigenvalue weighted by Gasteiger charge is -2.35. The number of aromatic nitrogens is 2. The second-order valence-electron chi connectivity index (χ2n) is 6.05. The van der Waals surface area contributed by atoms with Gasteiger partial charge in [-0.3, -0.25) is 4.68 Å². The highest BCUT2D eigenvalue weighted by atomic mass is 15.2. The molecule has 2 heterocycles. The van der Waals surface area contributed by atoms with Gasteiger partial charge in [-0.1, -0.05) is 6.92 Å². The first-order valence-corrected chi connectivity index (χ1v) is 7.69. The number of likely N-dealkylation sites (N-methyl/N-ethyl adjacent to an activating group) is 3. The number of hydrogen-bond acceptors (Lipinski definition) is 4. The van der Waals surface area contributed by atoms with Gasteiger partial charge in [0.15, 0.2) is 0 Å². The van der Waals surface area contributed by atoms with E-state index in [4.69, 9.17) is 0 Å². The van der Waals surface area contributed by atoms with Crippen molar-refractivity contribution in [3.8, 4) is 0 Å². The maximum absolute atomic E-state index is 4.29. The molecule has 1 aliphatic rings. The third-order valence-corrected chi connectivity index (χ3v) is 4.26. The molecule has 2 rings (SSSR count). The molecule has 0 saturated carbocycles. The highest BCUT2D eigenvalue weighted by molar-refractivity contribution is 5.08. The zero-order valence-electron chi connectivity index (χ0n) is 13.3. The summed E-state index contributed by atoms with van der Waals surface area (Å²) in [6.45, 7) is 6.72. The van der Waals surface area contributed by atoms with Crippen LogP contribution in [0.2, 0.25) is 0 Å². The Hall–Kier alpha value is -0.910. The third-order valence-electron chi connectivity index (χ3n) is 4.26. The molecule has 114 valence electrons. The molecule has 2 unspecified atom stereocenters. The molecule has 0 radical (unpaired) electrons. The van der Waals surface area contributed by atoms with Gasteiger partial charge in [-0.15, -0.1) is 0 Å². The minimum absolute atomic E-state index is 0.481. The molecular weight excluding hydrogens is 250 g/mol. The number of nitrogens with one attached hydrogen (secondary N) is 1. The summed E-state index contributed by atoms with van der Waals surface area (Å²) in [6, 6.07) is 1.04. The van der Waals surface area contributed by atoms with Gasteiger partial charge in [-0.05, 0) is 52.1 Å². The van der Waals surface area contributed by atoms with Gasteiger partial charge < -0.3 is 15.1 Å². The largest absolute Gasteiger partial charge is 0.312 e. The van der Waals surface area contributed by atoms with Gasteiger partial charge in [-0.25, -0.2) is 0 Å². The zero-order chi connectivity index (χ0) is 14.5. The standard InChI is InChI=1S/C15H29N5/c1-5-16-14(9-13-10-17-20(4)11-13)15-12-18(2)7-6-8-19(15)3/h10-11,14-16H,5-9,12H2,1-4H3. The van der Waals surface area contributed by atoms with Crippen LogP contribution in [0.3, 0.4) is 0 Å². The van der Waals surface area contributed by atoms with Crippen molar-refractivity contribution in [1.82, 2.24) is 24.9 Å². The van der Waals surface area contributed by atoms with Crippen molar-refractivity contribution in [2.75, 3.05) is 40.3 Å². The van der Waals surface area contributed by atoms with E-state index in [1.54, 1.807) is 0 Å². The van der Waals surface area contributed by atoms with Crippen LogP contribution in [0, 0.1) is 0 Å². The van der Waals surface area contributed by atoms with Crippen LogP contribution in [0.1, 0.15) is 18.9 Å². The van der Waals surface area contributed by atoms with E-state index >= 15 is 0 Å². The van der Waals surface area contributed by atoms with Crippen LogP contribution in [0.15, 0.2) is 12.4 Å². The molecule has 1 aromatic heterocycles. The molecule has 1 aliphatic heterocycles. The second kappa shape index (κ2) is 7.20. The first-order chi connectivity index (χ1) is 9.60. The summed E-state index contributed by atoms with van der Waals surface area (Å²) < 4.78 is 1.89. The predicted molar refractivity (Wildman–Crippen MR) is 82.9 cm³/mol. The molecule has 0 bridgehead atoms. The average molecular weight is 279 g/mol. The summed E-state index contributed by atoms with van der Waals surface area (Å²) in [7, 11) is 6.48. The van der Waals surface area contributed by atoms with E-state index in [1.165, 1.54) is 25.1 Å². The monoisotopic (exact) mass is 279 g/mol. The Morgan fingerprint density at radius 1 is 1.35 bits per heavy atom. The SMILES string of the molecule is CCNC(Cc1cnn(C)c1)C1CN(C)CCCN1C. The van der Waals surface area contributed by atoms with Gasteiger partial charge in [0.2, 0.25) is 0 Å². The molecule has 2 atom stereocenters. The summed E-state index contributed by atoms with van der Waals surface area (Å²) in [6.07, 6.45) is 6.43. The molecule has 0 aliphatic carbocycles. The Balaban J connectivity index is 2.08. The van der Waals surface area contributed by atoms with E-state index in [1.807, 2.05) is 17.9 Å². The first-order valence-electron chi connectivity index (χ1n) is 7.69. The first kappa shape index (κ1) is 15.5. The molecule has 0 aromatic carbocycles. The molecule has 5 nitrogen and oxygen atoms in total. The molecule has 1 fully saturated rings. The van der Waals surface area contributed by atoms with E-state index in [0.29, 0.717) is 12.1 Å². The molecule has 0 amide bonds. The number of aryl methyl sites for hydroxylation is 1. The van der Waals surface area contributed by atoms with Crippen molar-refractivity contribution in [2.45, 2.75) is 31.8 Å². The predicted octanol–water partition coefficient (Wildman–Crippen LogP) is 0.577. The lowest BCUT2D eigenvalue weighted by atomic mass is 10.00. The fourth-order valence-electron chi connectivity index (χ4n) is 3.18. The fourth-order valence-corrected chi connectivity index (χ4v) is 3.18. The molecular formula is C15H29N5. The lowest BCUT2D eigenvalue weighted by Crippen LogP contribution is -2.53. The fraction of sp³-hybridized carbons (Fsp3) is 0.800. The van der Waals surface area contributed by atoms with E-state index in [2.05, 4.69) is 47.4 Å². The van der Waals surface area contributed by atoms with Crippen LogP contribution in [0.25, 0.3) is 0 Å². The number of hydrogen-bond donors (Lipinski definition) is 1. The summed E-state index contributed by atoms with van der Waals surface area (Å²) in [5, 5.41) is 7.98. The molecule has 20 heavy (non-hydrogen) atoms. The van der Waals surface area contributed by atoms with Crippen LogP contribution < -0.4 is 5.32 Å². The van der Waals surface area contributed by atoms with Crippen molar-refractivity contribution >= 4 is 0 Å². The number of nitrogens with zero attached hydrogens (tertiary/aromatic N) is 4. The molecule has 0 spiro atoms. The van der Waals surface area contributed by atoms with Crippen LogP contribution in [0.4, 0.5) is 0 Å². The summed E-state index contributed by atoms with van der Waals surface area (Å²) in [4.78, 5) is 4.98. The van der Waals surface area contributed by atoms with E-state index < -0.39 is 0 Å². The van der Waals surface area contributed by atoms with Gasteiger partial charge in [-0.2, -0.15) is 5.10 Å². The molecule has 1 N–H and O–H groups in total. The maximum atomic E-state index is 4.29. The highest BCUT2D eigenvalue weighted by Crippen LogP contribution is 2.14.